The minimum atomic E-state index is -0.311. The third-order valence-electron chi connectivity index (χ3n) is 6.43. The van der Waals surface area contributed by atoms with Gasteiger partial charge in [-0.05, 0) is 82.4 Å². The number of rotatable bonds is 4. The first kappa shape index (κ1) is 19.2. The van der Waals surface area contributed by atoms with E-state index in [2.05, 4.69) is 58.9 Å². The van der Waals surface area contributed by atoms with Gasteiger partial charge in [0.1, 0.15) is 0 Å². The maximum absolute atomic E-state index is 6.17. The Kier molecular flexibility index (Phi) is 4.98. The van der Waals surface area contributed by atoms with E-state index >= 15 is 0 Å². The van der Waals surface area contributed by atoms with Crippen LogP contribution in [0.1, 0.15) is 63.8 Å². The molecule has 1 saturated heterocycles. The van der Waals surface area contributed by atoms with E-state index in [1.54, 1.807) is 17.5 Å². The van der Waals surface area contributed by atoms with Crippen LogP contribution in [0.5, 0.6) is 0 Å². The van der Waals surface area contributed by atoms with Crippen molar-refractivity contribution in [1.82, 2.24) is 4.37 Å². The monoisotopic (exact) mass is 382 g/mol. The normalized spacial score (nSPS) is 21.9. The standard InChI is InChI=1S/C22H29BNO2S/c1-15-19(14-16-8-6-7-9-16)20(24-27-15)17-10-12-18(13-11-17)23-25-21(2,3)22(4,5)26-23/h10-13H,6-9,14H2,1-5H3. The topological polar surface area (TPSA) is 31.4 Å². The fourth-order valence-electron chi connectivity index (χ4n) is 3.91. The third-order valence-corrected chi connectivity index (χ3v) is 7.23. The van der Waals surface area contributed by atoms with Crippen molar-refractivity contribution < 1.29 is 9.31 Å². The van der Waals surface area contributed by atoms with Crippen LogP contribution in [-0.2, 0) is 15.7 Å². The summed E-state index contributed by atoms with van der Waals surface area (Å²) < 4.78 is 17.1. The number of aryl methyl sites for hydroxylation is 1. The van der Waals surface area contributed by atoms with E-state index in [0.717, 1.165) is 17.6 Å². The Labute approximate surface area is 167 Å². The van der Waals surface area contributed by atoms with Gasteiger partial charge < -0.3 is 9.31 Å². The summed E-state index contributed by atoms with van der Waals surface area (Å²) >= 11 is 1.63. The van der Waals surface area contributed by atoms with Gasteiger partial charge in [-0.25, -0.2) is 0 Å². The zero-order chi connectivity index (χ0) is 19.2. The Hall–Kier alpha value is -1.17. The summed E-state index contributed by atoms with van der Waals surface area (Å²) in [7, 11) is -0.310. The van der Waals surface area contributed by atoms with Gasteiger partial charge in [0.15, 0.2) is 0 Å². The molecule has 0 unspecified atom stereocenters. The van der Waals surface area contributed by atoms with Gasteiger partial charge in [0, 0.05) is 10.4 Å². The Morgan fingerprint density at radius 1 is 1.00 bits per heavy atom. The minimum Gasteiger partial charge on any atom is -0.399 e. The molecule has 1 saturated carbocycles. The van der Waals surface area contributed by atoms with Crippen molar-refractivity contribution in [3.8, 4) is 11.3 Å². The van der Waals surface area contributed by atoms with Crippen molar-refractivity contribution in [3.63, 3.8) is 0 Å². The molecule has 4 rings (SSSR count). The highest BCUT2D eigenvalue weighted by Crippen LogP contribution is 2.38. The van der Waals surface area contributed by atoms with Crippen LogP contribution in [0.15, 0.2) is 24.3 Å². The molecule has 0 N–H and O–H groups in total. The van der Waals surface area contributed by atoms with Gasteiger partial charge in [-0.3, -0.25) is 0 Å². The van der Waals surface area contributed by atoms with Crippen molar-refractivity contribution in [2.75, 3.05) is 0 Å². The van der Waals surface area contributed by atoms with Crippen molar-refractivity contribution in [2.24, 2.45) is 0 Å². The lowest BCUT2D eigenvalue weighted by Crippen LogP contribution is -2.41. The molecule has 1 aliphatic heterocycles. The van der Waals surface area contributed by atoms with Gasteiger partial charge >= 0.3 is 7.12 Å². The van der Waals surface area contributed by atoms with Crippen molar-refractivity contribution in [2.45, 2.75) is 77.9 Å². The SMILES string of the molecule is Cc1snc(-c2ccc(B3OC(C)(C)C(C)(C)O3)cc2)c1C[C]1CCCC1. The number of benzene rings is 1. The molecule has 27 heavy (non-hydrogen) atoms. The molecule has 0 bridgehead atoms. The van der Waals surface area contributed by atoms with E-state index in [-0.39, 0.29) is 18.3 Å². The molecule has 1 aromatic carbocycles. The highest BCUT2D eigenvalue weighted by atomic mass is 32.1. The van der Waals surface area contributed by atoms with Gasteiger partial charge in [0.25, 0.3) is 0 Å². The molecule has 0 atom stereocenters. The fourth-order valence-corrected chi connectivity index (χ4v) is 4.63. The van der Waals surface area contributed by atoms with Crippen LogP contribution in [0.25, 0.3) is 11.3 Å². The summed E-state index contributed by atoms with van der Waals surface area (Å²) in [5.74, 6) is 1.69. The highest BCUT2D eigenvalue weighted by Gasteiger charge is 2.51. The number of hydrogen-bond donors (Lipinski definition) is 0. The van der Waals surface area contributed by atoms with E-state index in [4.69, 9.17) is 13.7 Å². The van der Waals surface area contributed by atoms with Crippen LogP contribution in [0, 0.1) is 12.8 Å². The predicted octanol–water partition coefficient (Wildman–Crippen LogP) is 5.11. The summed E-state index contributed by atoms with van der Waals surface area (Å²) in [6.07, 6.45) is 6.37. The number of aromatic nitrogens is 1. The largest absolute Gasteiger partial charge is 0.494 e. The minimum absolute atomic E-state index is 0.310. The van der Waals surface area contributed by atoms with Gasteiger partial charge in [0.05, 0.1) is 16.9 Å². The van der Waals surface area contributed by atoms with E-state index in [0.29, 0.717) is 0 Å². The number of hydrogen-bond acceptors (Lipinski definition) is 4. The maximum Gasteiger partial charge on any atom is 0.494 e. The smallest absolute Gasteiger partial charge is 0.399 e. The first-order valence-corrected chi connectivity index (χ1v) is 10.8. The van der Waals surface area contributed by atoms with Gasteiger partial charge in [-0.15, -0.1) is 0 Å². The summed E-state index contributed by atoms with van der Waals surface area (Å²) in [4.78, 5) is 1.35. The molecule has 5 heteroatoms. The van der Waals surface area contributed by atoms with E-state index in [9.17, 15) is 0 Å². The lowest BCUT2D eigenvalue weighted by molar-refractivity contribution is 0.00578. The van der Waals surface area contributed by atoms with Crippen molar-refractivity contribution >= 4 is 24.1 Å². The lowest BCUT2D eigenvalue weighted by atomic mass is 9.78. The molecule has 1 radical (unpaired) electrons. The fraction of sp³-hybridized carbons (Fsp3) is 0.545. The average Bonchev–Trinajstić information content (AvgIpc) is 3.29. The molecule has 2 aliphatic rings. The zero-order valence-electron chi connectivity index (χ0n) is 17.1. The zero-order valence-corrected chi connectivity index (χ0v) is 17.9. The van der Waals surface area contributed by atoms with Crippen LogP contribution in [0.4, 0.5) is 0 Å². The summed E-state index contributed by atoms with van der Waals surface area (Å²) in [6.45, 7) is 10.6. The molecule has 2 heterocycles. The van der Waals surface area contributed by atoms with Crippen LogP contribution in [0.3, 0.4) is 0 Å². The quantitative estimate of drug-likeness (QED) is 0.689. The highest BCUT2D eigenvalue weighted by molar-refractivity contribution is 7.06. The summed E-state index contributed by atoms with van der Waals surface area (Å²) in [5.41, 5.74) is 4.20. The second-order valence-corrected chi connectivity index (χ2v) is 9.89. The molecule has 1 aliphatic carbocycles. The molecular weight excluding hydrogens is 353 g/mol. The molecule has 3 nitrogen and oxygen atoms in total. The van der Waals surface area contributed by atoms with Crippen LogP contribution in [0.2, 0.25) is 0 Å². The lowest BCUT2D eigenvalue weighted by Gasteiger charge is -2.32. The average molecular weight is 382 g/mol. The van der Waals surface area contributed by atoms with Crippen LogP contribution < -0.4 is 5.46 Å². The van der Waals surface area contributed by atoms with Crippen LogP contribution in [-0.4, -0.2) is 22.7 Å². The van der Waals surface area contributed by atoms with Gasteiger partial charge in [-0.2, -0.15) is 4.37 Å². The first-order valence-electron chi connectivity index (χ1n) is 10.0. The van der Waals surface area contributed by atoms with E-state index < -0.39 is 0 Å². The van der Waals surface area contributed by atoms with Gasteiger partial charge in [0.2, 0.25) is 0 Å². The van der Waals surface area contributed by atoms with Crippen LogP contribution >= 0.6 is 11.5 Å². The maximum atomic E-state index is 6.17. The Morgan fingerprint density at radius 2 is 1.59 bits per heavy atom. The predicted molar refractivity (Wildman–Crippen MR) is 113 cm³/mol. The Morgan fingerprint density at radius 3 is 2.19 bits per heavy atom. The second-order valence-electron chi connectivity index (χ2n) is 8.91. The molecule has 2 aromatic rings. The molecule has 2 fully saturated rings. The Bertz CT molecular complexity index is 790. The Balaban J connectivity index is 1.55. The van der Waals surface area contributed by atoms with E-state index in [1.807, 2.05) is 0 Å². The van der Waals surface area contributed by atoms with Gasteiger partial charge in [-0.1, -0.05) is 37.1 Å². The first-order chi connectivity index (χ1) is 12.8. The summed E-state index contributed by atoms with van der Waals surface area (Å²) in [6, 6.07) is 8.58. The van der Waals surface area contributed by atoms with Crippen molar-refractivity contribution in [1.29, 1.82) is 0 Å². The molecule has 0 amide bonds. The molecule has 1 aromatic heterocycles. The van der Waals surface area contributed by atoms with Crippen molar-refractivity contribution in [3.05, 3.63) is 40.6 Å². The summed E-state index contributed by atoms with van der Waals surface area (Å²) in [5, 5.41) is 0. The molecule has 143 valence electrons. The molecule has 0 spiro atoms. The third kappa shape index (κ3) is 3.62. The van der Waals surface area contributed by atoms with E-state index in [1.165, 1.54) is 41.7 Å². The molecular formula is C22H29BNO2S. The number of nitrogens with zero attached hydrogens (tertiary/aromatic N) is 1. The second kappa shape index (κ2) is 7.02.